The molecule has 1 unspecified atom stereocenters. The molecule has 1 fully saturated rings. The van der Waals surface area contributed by atoms with E-state index in [9.17, 15) is 26.7 Å². The first-order valence-electron chi connectivity index (χ1n) is 12.1. The van der Waals surface area contributed by atoms with Crippen LogP contribution in [0.2, 0.25) is 0 Å². The topological polar surface area (TPSA) is 53.6 Å². The molecule has 0 aromatic heterocycles. The van der Waals surface area contributed by atoms with Gasteiger partial charge in [-0.1, -0.05) is 0 Å². The van der Waals surface area contributed by atoms with Gasteiger partial charge in [0.05, 0.1) is 0 Å². The van der Waals surface area contributed by atoms with Gasteiger partial charge in [0, 0.05) is 41.5 Å². The number of nitrogens with one attached hydrogen (secondary N) is 2. The van der Waals surface area contributed by atoms with Crippen LogP contribution >= 0.6 is 23.7 Å². The Hall–Kier alpha value is -2.02. The van der Waals surface area contributed by atoms with Crippen LogP contribution in [0.25, 0.3) is 0 Å². The molecule has 1 atom stereocenters. The molecule has 3 rings (SSSR count). The van der Waals surface area contributed by atoms with Crippen LogP contribution in [0, 0.1) is 17.5 Å². The van der Waals surface area contributed by atoms with E-state index in [1.54, 1.807) is 12.1 Å². The first-order valence-corrected chi connectivity index (χ1v) is 13.9. The molecule has 210 valence electrons. The lowest BCUT2D eigenvalue weighted by atomic mass is 9.82. The molecule has 1 aliphatic rings. The van der Waals surface area contributed by atoms with Gasteiger partial charge in [0.15, 0.2) is 0 Å². The molecule has 0 saturated heterocycles. The minimum atomic E-state index is -2.84. The zero-order chi connectivity index (χ0) is 27.9. The molecular formula is C26H32F5N3O2S2. The number of anilines is 1. The first-order chi connectivity index (χ1) is 17.9. The molecular weight excluding hydrogens is 545 g/mol. The summed E-state index contributed by atoms with van der Waals surface area (Å²) in [4.78, 5) is 15.6. The predicted octanol–water partition coefficient (Wildman–Crippen LogP) is 6.35. The van der Waals surface area contributed by atoms with Crippen LogP contribution < -0.4 is 10.0 Å². The number of nitrogens with zero attached hydrogens (tertiary/aromatic N) is 1. The summed E-state index contributed by atoms with van der Waals surface area (Å²) >= 11 is 2.14. The Labute approximate surface area is 228 Å². The van der Waals surface area contributed by atoms with Crippen LogP contribution in [0.3, 0.4) is 0 Å². The van der Waals surface area contributed by atoms with E-state index in [0.29, 0.717) is 30.7 Å². The Morgan fingerprint density at radius 3 is 2.18 bits per heavy atom. The molecule has 2 aromatic rings. The Bertz CT molecular complexity index is 1060. The fraction of sp³-hybridized carbons (Fsp3) is 0.500. The largest absolute Gasteiger partial charge is 0.377 e. The van der Waals surface area contributed by atoms with Crippen molar-refractivity contribution in [3.8, 4) is 0 Å². The normalized spacial score (nSPS) is 17.3. The Balaban J connectivity index is 1.65. The average molecular weight is 578 g/mol. The van der Waals surface area contributed by atoms with E-state index in [1.807, 2.05) is 19.0 Å². The lowest BCUT2D eigenvalue weighted by Gasteiger charge is -2.37. The minimum absolute atomic E-state index is 0.108. The molecule has 38 heavy (non-hydrogen) atoms. The van der Waals surface area contributed by atoms with Gasteiger partial charge in [-0.05, 0) is 88.2 Å². The van der Waals surface area contributed by atoms with E-state index in [0.717, 1.165) is 17.0 Å². The number of thioether (sulfide) groups is 1. The van der Waals surface area contributed by atoms with E-state index in [4.69, 9.17) is 4.74 Å². The van der Waals surface area contributed by atoms with E-state index < -0.39 is 41.9 Å². The van der Waals surface area contributed by atoms with Crippen LogP contribution in [0.15, 0.2) is 46.2 Å². The highest BCUT2D eigenvalue weighted by atomic mass is 32.2. The maximum atomic E-state index is 15.0. The van der Waals surface area contributed by atoms with Gasteiger partial charge in [-0.15, -0.1) is 11.8 Å². The quantitative estimate of drug-likeness (QED) is 0.174. The van der Waals surface area contributed by atoms with Crippen LogP contribution in [0.5, 0.6) is 0 Å². The molecule has 2 aromatic carbocycles. The zero-order valence-corrected chi connectivity index (χ0v) is 23.1. The molecule has 0 radical (unpaired) electrons. The molecule has 1 aliphatic carbocycles. The maximum absolute atomic E-state index is 15.0. The maximum Gasteiger partial charge on any atom is 0.262 e. The van der Waals surface area contributed by atoms with E-state index in [2.05, 4.69) is 10.0 Å². The van der Waals surface area contributed by atoms with Crippen LogP contribution in [-0.2, 0) is 9.53 Å². The van der Waals surface area contributed by atoms with Crippen molar-refractivity contribution in [2.75, 3.05) is 38.8 Å². The van der Waals surface area contributed by atoms with Gasteiger partial charge in [-0.25, -0.2) is 22.0 Å². The molecule has 2 N–H and O–H groups in total. The summed E-state index contributed by atoms with van der Waals surface area (Å²) in [5, 5.41) is 2.96. The lowest BCUT2D eigenvalue weighted by Crippen LogP contribution is -2.50. The monoisotopic (exact) mass is 577 g/mol. The van der Waals surface area contributed by atoms with Crippen LogP contribution in [0.1, 0.15) is 32.1 Å². The Morgan fingerprint density at radius 2 is 1.63 bits per heavy atom. The molecule has 1 amide bonds. The van der Waals surface area contributed by atoms with Gasteiger partial charge in [-0.3, -0.25) is 9.52 Å². The number of carbonyl (C=O) groups is 1. The summed E-state index contributed by atoms with van der Waals surface area (Å²) < 4.78 is 78.1. The van der Waals surface area contributed by atoms with Crippen molar-refractivity contribution < 1.29 is 31.5 Å². The summed E-state index contributed by atoms with van der Waals surface area (Å²) in [5.74, 6) is -4.97. The molecule has 0 bridgehead atoms. The van der Waals surface area contributed by atoms with Gasteiger partial charge in [-0.2, -0.15) is 0 Å². The Kier molecular flexibility index (Phi) is 10.7. The second-order valence-electron chi connectivity index (χ2n) is 9.55. The van der Waals surface area contributed by atoms with Gasteiger partial charge < -0.3 is 15.0 Å². The number of rotatable bonds is 12. The molecule has 1 saturated carbocycles. The fourth-order valence-electron chi connectivity index (χ4n) is 4.03. The number of benzene rings is 2. The van der Waals surface area contributed by atoms with Crippen molar-refractivity contribution >= 4 is 35.3 Å². The number of alkyl halides is 2. The van der Waals surface area contributed by atoms with Crippen molar-refractivity contribution in [1.82, 2.24) is 9.62 Å². The standard InChI is InChI=1S/C26H32F5N3O2S2/c1-34(2)13-8-18(16-37-19-6-4-17(27)5-7-19)32-23-21(28)14-20(15-22(23)29)38-33-24(35)25(36-3)9-11-26(30,31)12-10-25/h4-7,14-15,18,32H,8-13,16H2,1-3H3,(H,33,35). The third-order valence-corrected chi connectivity index (χ3v) is 8.34. The summed E-state index contributed by atoms with van der Waals surface area (Å²) in [5.41, 5.74) is -1.69. The van der Waals surface area contributed by atoms with Crippen LogP contribution in [-0.4, -0.2) is 61.9 Å². The fourth-order valence-corrected chi connectivity index (χ4v) is 5.72. The zero-order valence-electron chi connectivity index (χ0n) is 21.5. The number of hydrogen-bond acceptors (Lipinski definition) is 6. The summed E-state index contributed by atoms with van der Waals surface area (Å²) in [6.45, 7) is 0.679. The number of halogens is 5. The van der Waals surface area contributed by atoms with Crippen molar-refractivity contribution in [2.45, 2.75) is 59.5 Å². The Morgan fingerprint density at radius 1 is 1.03 bits per heavy atom. The van der Waals surface area contributed by atoms with E-state index in [-0.39, 0.29) is 35.3 Å². The number of amides is 1. The van der Waals surface area contributed by atoms with Gasteiger partial charge >= 0.3 is 0 Å². The van der Waals surface area contributed by atoms with E-state index in [1.165, 1.54) is 31.0 Å². The SMILES string of the molecule is COC1(C(=O)NSc2cc(F)c(NC(CCN(C)C)CSc3ccc(F)cc3)c(F)c2)CCC(F)(F)CC1. The molecule has 5 nitrogen and oxygen atoms in total. The molecule has 12 heteroatoms. The summed E-state index contributed by atoms with van der Waals surface area (Å²) in [7, 11) is 5.09. The second kappa shape index (κ2) is 13.4. The smallest absolute Gasteiger partial charge is 0.262 e. The van der Waals surface area contributed by atoms with Gasteiger partial charge in [0.25, 0.3) is 5.91 Å². The highest BCUT2D eigenvalue weighted by Gasteiger charge is 2.48. The van der Waals surface area contributed by atoms with Crippen LogP contribution in [0.4, 0.5) is 27.6 Å². The average Bonchev–Trinajstić information content (AvgIpc) is 2.87. The van der Waals surface area contributed by atoms with Crippen molar-refractivity contribution in [1.29, 1.82) is 0 Å². The summed E-state index contributed by atoms with van der Waals surface area (Å²) in [6.07, 6.45) is -0.657. The molecule has 0 heterocycles. The number of hydrogen-bond donors (Lipinski definition) is 2. The summed E-state index contributed by atoms with van der Waals surface area (Å²) in [6, 6.07) is 7.92. The van der Waals surface area contributed by atoms with Gasteiger partial charge in [0.1, 0.15) is 28.7 Å². The van der Waals surface area contributed by atoms with Crippen molar-refractivity contribution in [2.24, 2.45) is 0 Å². The van der Waals surface area contributed by atoms with Crippen molar-refractivity contribution in [3.05, 3.63) is 53.8 Å². The predicted molar refractivity (Wildman–Crippen MR) is 141 cm³/mol. The van der Waals surface area contributed by atoms with Crippen molar-refractivity contribution in [3.63, 3.8) is 0 Å². The van der Waals surface area contributed by atoms with Gasteiger partial charge in [0.2, 0.25) is 5.92 Å². The number of methoxy groups -OCH3 is 1. The number of ether oxygens (including phenoxy) is 1. The highest BCUT2D eigenvalue weighted by molar-refractivity contribution is 7.99. The second-order valence-corrected chi connectivity index (χ2v) is 11.5. The third-order valence-electron chi connectivity index (χ3n) is 6.41. The third kappa shape index (κ3) is 8.49. The molecule has 0 aliphatic heterocycles. The highest BCUT2D eigenvalue weighted by Crippen LogP contribution is 2.41. The first kappa shape index (κ1) is 30.5. The number of carbonyl (C=O) groups excluding carboxylic acids is 1. The van der Waals surface area contributed by atoms with E-state index >= 15 is 0 Å². The lowest BCUT2D eigenvalue weighted by molar-refractivity contribution is -0.157. The molecule has 0 spiro atoms. The minimum Gasteiger partial charge on any atom is -0.377 e.